The summed E-state index contributed by atoms with van der Waals surface area (Å²) < 4.78 is 71.6. The Hall–Kier alpha value is -6.92. The molecule has 7 aliphatic rings. The predicted molar refractivity (Wildman–Crippen MR) is 338 cm³/mol. The summed E-state index contributed by atoms with van der Waals surface area (Å²) in [5, 5.41) is 219. The van der Waals surface area contributed by atoms with E-state index in [2.05, 4.69) is 41.9 Å². The predicted octanol–water partition coefficient (Wildman–Crippen LogP) is -12.4. The molecule has 8 bridgehead atoms. The van der Waals surface area contributed by atoms with Crippen molar-refractivity contribution >= 4 is 35.0 Å². The van der Waals surface area contributed by atoms with Gasteiger partial charge in [-0.2, -0.15) is 0 Å². The second-order valence-electron chi connectivity index (χ2n) is 26.2. The van der Waals surface area contributed by atoms with E-state index in [4.69, 9.17) is 56.8 Å². The highest BCUT2D eigenvalue weighted by Gasteiger charge is 2.54. The Balaban J connectivity index is 0.689. The Morgan fingerprint density at radius 3 is 1.06 bits per heavy atom. The molecule has 2 aromatic heterocycles. The maximum atomic E-state index is 13.7. The first-order valence-corrected chi connectivity index (χ1v) is 33.7. The number of nitrogens with zero attached hydrogens (tertiary/aromatic N) is 6. The topological polar surface area (TPSA) is 653 Å². The monoisotopic (exact) mass is 1510 g/mol. The Morgan fingerprint density at radius 1 is 0.387 bits per heavy atom. The molecule has 7 fully saturated rings. The van der Waals surface area contributed by atoms with Gasteiger partial charge in [-0.3, -0.25) is 19.2 Å². The van der Waals surface area contributed by atoms with Gasteiger partial charge in [0, 0.05) is 49.5 Å². The van der Waals surface area contributed by atoms with Crippen LogP contribution in [0.5, 0.6) is 11.5 Å². The molecule has 2 aromatic carbocycles. The average molecular weight is 1520 g/mol. The van der Waals surface area contributed by atoms with Crippen molar-refractivity contribution in [1.29, 1.82) is 0 Å². The maximum Gasteiger partial charge on any atom is 0.246 e. The van der Waals surface area contributed by atoms with Crippen molar-refractivity contribution in [3.8, 4) is 11.5 Å². The lowest BCUT2D eigenvalue weighted by molar-refractivity contribution is -0.346. The molecule has 7 saturated heterocycles. The maximum absolute atomic E-state index is 13.7. The summed E-state index contributed by atoms with van der Waals surface area (Å²) in [4.78, 5) is 53.4. The van der Waals surface area contributed by atoms with Crippen LogP contribution in [0.25, 0.3) is 0 Å². The van der Waals surface area contributed by atoms with Gasteiger partial charge in [-0.05, 0) is 48.5 Å². The number of amides is 4. The van der Waals surface area contributed by atoms with Crippen molar-refractivity contribution in [2.24, 2.45) is 0 Å². The number of hydrogen-bond donors (Lipinski definition) is 22. The number of aliphatic hydroxyl groups is 18. The zero-order chi connectivity index (χ0) is 75.9. The van der Waals surface area contributed by atoms with Crippen LogP contribution in [0.4, 0.5) is 11.4 Å². The Kier molecular flexibility index (Phi) is 26.9. The molecule has 44 heteroatoms. The molecule has 106 heavy (non-hydrogen) atoms. The van der Waals surface area contributed by atoms with Gasteiger partial charge in [0.25, 0.3) is 0 Å². The zero-order valence-electron chi connectivity index (χ0n) is 55.8. The number of aliphatic hydroxyl groups excluding tert-OH is 18. The summed E-state index contributed by atoms with van der Waals surface area (Å²) in [5.74, 6) is -2.42. The molecule has 7 aliphatic heterocycles. The van der Waals surface area contributed by atoms with Crippen LogP contribution in [0, 0.1) is 0 Å². The van der Waals surface area contributed by atoms with Gasteiger partial charge in [-0.15, -0.1) is 10.2 Å². The van der Waals surface area contributed by atoms with Gasteiger partial charge in [-0.25, -0.2) is 9.36 Å². The van der Waals surface area contributed by atoms with Crippen LogP contribution >= 0.6 is 0 Å². The van der Waals surface area contributed by atoms with E-state index < -0.39 is 247 Å². The number of anilines is 2. The number of benzene rings is 2. The minimum absolute atomic E-state index is 0.108. The SMILES string of the molecule is O=C(Cn1cc(CCC(=O)N[C@H]2[C@@H]3OC[C@H]4O[C@@H](OC[C@H]5O[C@@H](OC[C@H]6O[C@@H](OC[C@@H](O3)[C@@H](O)[C@@H]2O)[C@H](O)[C@@H](O)[C@@H]6O)[C@H](NC(=O)CCc2cn(CC(=O)Nc3ccc(O[C@@H]6O[C@H](CO)[C@H](O)[C@H](O)[C@H]6O)cc3)nn2)[C@@H](O)[C@@H]5O)[C@H](O)[C@@H](O)[C@@H]4O)nn1)Nc1ccc(O[C@@H]2O[C@H](CO)[C@H](O)[C@H](O)[C@H]2O)cc1. The summed E-state index contributed by atoms with van der Waals surface area (Å²) in [6.07, 6.45) is -47.0. The molecule has 0 spiro atoms. The smallest absolute Gasteiger partial charge is 0.246 e. The summed E-state index contributed by atoms with van der Waals surface area (Å²) in [6.45, 7) is -5.20. The number of nitrogens with one attached hydrogen (secondary N) is 4. The van der Waals surface area contributed by atoms with Crippen molar-refractivity contribution in [1.82, 2.24) is 40.6 Å². The molecule has 30 atom stereocenters. The van der Waals surface area contributed by atoms with Crippen LogP contribution in [0.2, 0.25) is 0 Å². The molecule has 0 radical (unpaired) electrons. The molecule has 4 amide bonds. The third-order valence-electron chi connectivity index (χ3n) is 18.6. The minimum Gasteiger partial charge on any atom is -0.462 e. The summed E-state index contributed by atoms with van der Waals surface area (Å²) in [6, 6.07) is 8.17. The van der Waals surface area contributed by atoms with Crippen molar-refractivity contribution in [2.45, 2.75) is 223 Å². The van der Waals surface area contributed by atoms with Crippen molar-refractivity contribution in [3.63, 3.8) is 0 Å². The number of carbonyl (C=O) groups is 4. The van der Waals surface area contributed by atoms with Crippen LogP contribution in [0.15, 0.2) is 60.9 Å². The number of carbonyl (C=O) groups excluding carboxylic acids is 4. The Labute approximate surface area is 598 Å². The van der Waals surface area contributed by atoms with Crippen LogP contribution in [0.3, 0.4) is 0 Å². The van der Waals surface area contributed by atoms with Gasteiger partial charge in [0.15, 0.2) is 25.2 Å². The van der Waals surface area contributed by atoms with E-state index in [0.717, 1.165) is 0 Å². The number of hydrogen-bond acceptors (Lipinski definition) is 38. The van der Waals surface area contributed by atoms with E-state index in [-0.39, 0.29) is 61.7 Å². The lowest BCUT2D eigenvalue weighted by Crippen LogP contribution is -2.67. The molecule has 9 heterocycles. The van der Waals surface area contributed by atoms with E-state index in [1.807, 2.05) is 0 Å². The second kappa shape index (κ2) is 35.6. The third-order valence-corrected chi connectivity index (χ3v) is 18.6. The van der Waals surface area contributed by atoms with Crippen molar-refractivity contribution in [3.05, 3.63) is 72.3 Å². The largest absolute Gasteiger partial charge is 0.462 e. The molecular formula is C62H86N10O34. The lowest BCUT2D eigenvalue weighted by Gasteiger charge is -2.46. The molecule has 0 aliphatic carbocycles. The normalized spacial score (nSPS) is 38.8. The quantitative estimate of drug-likeness (QED) is 0.0391. The van der Waals surface area contributed by atoms with Gasteiger partial charge < -0.3 is 170 Å². The first kappa shape index (κ1) is 80.1. The fraction of sp³-hybridized carbons (Fsp3) is 0.677. The second-order valence-corrected chi connectivity index (χ2v) is 26.2. The molecular weight excluding hydrogens is 1430 g/mol. The highest BCUT2D eigenvalue weighted by molar-refractivity contribution is 5.91. The van der Waals surface area contributed by atoms with Crippen molar-refractivity contribution in [2.75, 3.05) is 50.3 Å². The summed E-state index contributed by atoms with van der Waals surface area (Å²) in [7, 11) is 0. The minimum atomic E-state index is -2.03. The number of aryl methyl sites for hydroxylation is 2. The van der Waals surface area contributed by atoms with Crippen LogP contribution in [0.1, 0.15) is 24.2 Å². The first-order chi connectivity index (χ1) is 50.6. The molecule has 0 unspecified atom stereocenters. The fourth-order valence-electron chi connectivity index (χ4n) is 12.5. The number of fused-ring (bicyclic) bond motifs is 8. The standard InChI is InChI=1S/C62H86N10O34/c73-17-29-41(79)49(87)55(93)61(101-29)99-27-7-1-23(2-8-27)63-37(77)15-71-13-25(67-69-71)5-11-35(75)65-39-47(85)43(81)31-21-97-59-54(92)52(90)46(84)34(106-59)20-96-58-40(48(86)44(82)32(104-58)22-98-60-53(91)51(89)45(83)33(105-60)19-95-57(39)103-31)66-36(76)12-6-26-14-72(70-68-26)16-38(78)64-24-3-9-28(10-4-24)100-62-56(94)50(88)42(80)30(18-74)102-62/h1-4,7-10,13-14,29-34,39-62,73-74,79-94H,5-6,11-12,15-22H2,(H,63,77)(H,64,78)(H,65,75)(H,66,76)/t29-,30-,31-,32-,33-,34-,39-,40-,41+,42+,43-,44-,45-,46-,47-,48-,49+,50+,51+,52+,53-,54-,55-,56-,57-,58-,59-,60-,61-,62-/m1/s1. The van der Waals surface area contributed by atoms with Gasteiger partial charge in [0.1, 0.15) is 171 Å². The number of aromatic nitrogens is 6. The summed E-state index contributed by atoms with van der Waals surface area (Å²) in [5.41, 5.74) is 1.04. The van der Waals surface area contributed by atoms with Crippen LogP contribution in [-0.4, -0.2) is 369 Å². The number of rotatable bonds is 20. The zero-order valence-corrected chi connectivity index (χ0v) is 55.8. The van der Waals surface area contributed by atoms with Gasteiger partial charge in [-0.1, -0.05) is 10.4 Å². The van der Waals surface area contributed by atoms with E-state index in [1.54, 1.807) is 0 Å². The summed E-state index contributed by atoms with van der Waals surface area (Å²) >= 11 is 0. The van der Waals surface area contributed by atoms with Gasteiger partial charge >= 0.3 is 0 Å². The van der Waals surface area contributed by atoms with Gasteiger partial charge in [0.05, 0.1) is 51.0 Å². The lowest BCUT2D eigenvalue weighted by atomic mass is 9.95. The van der Waals surface area contributed by atoms with Crippen LogP contribution < -0.4 is 30.7 Å². The third kappa shape index (κ3) is 19.0. The first-order valence-electron chi connectivity index (χ1n) is 33.7. The van der Waals surface area contributed by atoms with Crippen molar-refractivity contribution < 1.29 is 168 Å². The molecule has 588 valence electrons. The molecule has 0 saturated carbocycles. The Bertz CT molecular complexity index is 3290. The van der Waals surface area contributed by atoms with Gasteiger partial charge in [0.2, 0.25) is 36.2 Å². The Morgan fingerprint density at radius 2 is 0.708 bits per heavy atom. The molecule has 22 N–H and O–H groups in total. The highest BCUT2D eigenvalue weighted by atomic mass is 16.8. The fourth-order valence-corrected chi connectivity index (χ4v) is 12.5. The highest BCUT2D eigenvalue weighted by Crippen LogP contribution is 2.33. The number of ether oxygens (including phenoxy) is 12. The molecule has 4 aromatic rings. The van der Waals surface area contributed by atoms with E-state index >= 15 is 0 Å². The molecule has 44 nitrogen and oxygen atoms in total. The van der Waals surface area contributed by atoms with E-state index in [0.29, 0.717) is 11.4 Å². The van der Waals surface area contributed by atoms with E-state index in [1.165, 1.54) is 70.3 Å². The molecule has 11 rings (SSSR count). The van der Waals surface area contributed by atoms with E-state index in [9.17, 15) is 111 Å². The average Bonchev–Trinajstić information content (AvgIpc) is 0.945. The van der Waals surface area contributed by atoms with Crippen LogP contribution in [-0.2, 0) is 92.5 Å².